The van der Waals surface area contributed by atoms with Gasteiger partial charge in [0.05, 0.1) is 30.2 Å². The molecule has 3 aromatic heterocycles. The maximum atomic E-state index is 14.1. The summed E-state index contributed by atoms with van der Waals surface area (Å²) in [5.41, 5.74) is -0.264. The molecule has 0 unspecified atom stereocenters. The number of nitrogens with one attached hydrogen (secondary N) is 2. The largest absolute Gasteiger partial charge is 0.384 e. The van der Waals surface area contributed by atoms with Gasteiger partial charge in [-0.15, -0.1) is 0 Å². The lowest BCUT2D eigenvalue weighted by Crippen LogP contribution is -2.39. The van der Waals surface area contributed by atoms with Crippen LogP contribution < -0.4 is 10.6 Å². The molecule has 15 heteroatoms. The smallest absolute Gasteiger partial charge is 0.276 e. The third-order valence-corrected chi connectivity index (χ3v) is 8.90. The van der Waals surface area contributed by atoms with Crippen molar-refractivity contribution in [3.05, 3.63) is 41.1 Å². The number of hydrogen-bond acceptors (Lipinski definition) is 8. The van der Waals surface area contributed by atoms with E-state index < -0.39 is 29.4 Å². The summed E-state index contributed by atoms with van der Waals surface area (Å²) >= 11 is 0. The fourth-order valence-electron chi connectivity index (χ4n) is 6.33. The Morgan fingerprint density at radius 1 is 1.05 bits per heavy atom. The van der Waals surface area contributed by atoms with E-state index in [-0.39, 0.29) is 86.0 Å². The summed E-state index contributed by atoms with van der Waals surface area (Å²) in [5, 5.41) is 28.1. The fraction of sp³-hybridized carbons (Fsp3) is 0.655. The van der Waals surface area contributed by atoms with E-state index in [4.69, 9.17) is 9.61 Å². The summed E-state index contributed by atoms with van der Waals surface area (Å²) in [7, 11) is 0. The summed E-state index contributed by atoms with van der Waals surface area (Å²) in [5.74, 6) is -6.96. The first-order valence-corrected chi connectivity index (χ1v) is 14.9. The predicted molar refractivity (Wildman–Crippen MR) is 146 cm³/mol. The third-order valence-electron chi connectivity index (χ3n) is 8.90. The molecule has 2 amide bonds. The van der Waals surface area contributed by atoms with E-state index in [1.165, 1.54) is 18.4 Å². The van der Waals surface area contributed by atoms with Gasteiger partial charge in [0.1, 0.15) is 11.3 Å². The molecule has 3 fully saturated rings. The van der Waals surface area contributed by atoms with E-state index in [1.54, 1.807) is 18.5 Å². The van der Waals surface area contributed by atoms with Crippen LogP contribution in [-0.2, 0) is 10.4 Å². The molecule has 0 bridgehead atoms. The molecule has 238 valence electrons. The molecule has 0 aromatic carbocycles. The number of amides is 2. The number of carbonyl (C=O) groups is 2. The average Bonchev–Trinajstić information content (AvgIpc) is 3.46. The summed E-state index contributed by atoms with van der Waals surface area (Å²) in [6.07, 6.45) is 4.15. The van der Waals surface area contributed by atoms with Gasteiger partial charge >= 0.3 is 0 Å². The number of aliphatic hydroxyl groups is 1. The van der Waals surface area contributed by atoms with Crippen molar-refractivity contribution in [1.82, 2.24) is 35.5 Å². The molecule has 0 spiro atoms. The summed E-state index contributed by atoms with van der Waals surface area (Å²) in [6, 6.07) is 0.644. The second-order valence-electron chi connectivity index (χ2n) is 13.1. The van der Waals surface area contributed by atoms with Crippen LogP contribution in [0.4, 0.5) is 17.6 Å². The molecule has 3 aromatic rings. The van der Waals surface area contributed by atoms with Crippen molar-refractivity contribution in [3.8, 4) is 0 Å². The van der Waals surface area contributed by atoms with Gasteiger partial charge in [-0.3, -0.25) is 9.59 Å². The third kappa shape index (κ3) is 6.57. The van der Waals surface area contributed by atoms with Crippen molar-refractivity contribution in [2.45, 2.75) is 101 Å². The highest BCUT2D eigenvalue weighted by Crippen LogP contribution is 2.45. The highest BCUT2D eigenvalue weighted by atomic mass is 19.3. The molecule has 3 aliphatic rings. The molecule has 3 aliphatic carbocycles. The first-order chi connectivity index (χ1) is 20.7. The van der Waals surface area contributed by atoms with Crippen LogP contribution in [0.25, 0.3) is 5.65 Å². The predicted octanol–water partition coefficient (Wildman–Crippen LogP) is 4.64. The highest BCUT2D eigenvalue weighted by Gasteiger charge is 2.46. The molecule has 6 rings (SSSR count). The molecule has 3 heterocycles. The number of alkyl halides is 4. The number of halogens is 4. The number of fused-ring (bicyclic) bond motifs is 1. The van der Waals surface area contributed by atoms with Crippen LogP contribution in [-0.4, -0.2) is 53.7 Å². The Morgan fingerprint density at radius 2 is 1.73 bits per heavy atom. The van der Waals surface area contributed by atoms with Crippen LogP contribution in [0.2, 0.25) is 0 Å². The van der Waals surface area contributed by atoms with Gasteiger partial charge < -0.3 is 15.7 Å². The summed E-state index contributed by atoms with van der Waals surface area (Å²) < 4.78 is 60.8. The monoisotopic (exact) mass is 621 g/mol. The number of aromatic nitrogens is 5. The van der Waals surface area contributed by atoms with Crippen molar-refractivity contribution in [2.75, 3.05) is 0 Å². The molecule has 0 saturated heterocycles. The van der Waals surface area contributed by atoms with Crippen LogP contribution in [0.15, 0.2) is 23.1 Å². The molecule has 2 atom stereocenters. The van der Waals surface area contributed by atoms with Crippen LogP contribution in [0.3, 0.4) is 0 Å². The minimum Gasteiger partial charge on any atom is -0.384 e. The van der Waals surface area contributed by atoms with E-state index in [1.807, 2.05) is 0 Å². The average molecular weight is 622 g/mol. The molecular formula is C29H35F4N7O4. The van der Waals surface area contributed by atoms with Gasteiger partial charge in [0.2, 0.25) is 17.8 Å². The molecule has 3 saturated carbocycles. The number of imidazole rings is 1. The summed E-state index contributed by atoms with van der Waals surface area (Å²) in [4.78, 5) is 30.8. The summed E-state index contributed by atoms with van der Waals surface area (Å²) in [6.45, 7) is 2.86. The molecule has 11 nitrogen and oxygen atoms in total. The fourth-order valence-corrected chi connectivity index (χ4v) is 6.33. The number of hydrogen-bond donors (Lipinski definition) is 3. The normalized spacial score (nSPS) is 21.9. The first-order valence-electron chi connectivity index (χ1n) is 14.9. The van der Waals surface area contributed by atoms with Gasteiger partial charge in [-0.2, -0.15) is 5.10 Å². The second kappa shape index (κ2) is 11.1. The molecule has 3 N–H and O–H groups in total. The minimum absolute atomic E-state index is 0.0417. The van der Waals surface area contributed by atoms with Crippen LogP contribution >= 0.6 is 0 Å². The lowest BCUT2D eigenvalue weighted by atomic mass is 9.79. The quantitative estimate of drug-likeness (QED) is 0.278. The second-order valence-corrected chi connectivity index (χ2v) is 13.1. The number of rotatable bonds is 10. The number of carbonyl (C=O) groups excluding carboxylic acids is 2. The maximum absolute atomic E-state index is 14.1. The molecular weight excluding hydrogens is 586 g/mol. The zero-order chi connectivity index (χ0) is 31.4. The van der Waals surface area contributed by atoms with Crippen molar-refractivity contribution < 1.29 is 36.9 Å². The Hall–Kier alpha value is -3.62. The SMILES string of the molecule is CC(C)(O)c1nonc1C(=O)N[C@H](c1cn2ncc([C@H](NC(=O)CC3CC(F)(F)C3)C3CC3)cc2n1)C1CCC(F)(F)CC1. The van der Waals surface area contributed by atoms with Crippen LogP contribution in [0.1, 0.15) is 111 Å². The van der Waals surface area contributed by atoms with Gasteiger partial charge in [0, 0.05) is 32.1 Å². The Labute approximate surface area is 250 Å². The maximum Gasteiger partial charge on any atom is 0.276 e. The van der Waals surface area contributed by atoms with Gasteiger partial charge in [0.15, 0.2) is 11.3 Å². The van der Waals surface area contributed by atoms with Crippen LogP contribution in [0, 0.1) is 17.8 Å². The van der Waals surface area contributed by atoms with Crippen molar-refractivity contribution in [2.24, 2.45) is 17.8 Å². The Morgan fingerprint density at radius 3 is 2.36 bits per heavy atom. The lowest BCUT2D eigenvalue weighted by molar-refractivity contribution is -0.134. The first kappa shape index (κ1) is 30.4. The number of nitrogens with zero attached hydrogens (tertiary/aromatic N) is 5. The van der Waals surface area contributed by atoms with Crippen molar-refractivity contribution >= 4 is 17.5 Å². The van der Waals surface area contributed by atoms with E-state index in [0.717, 1.165) is 12.8 Å². The van der Waals surface area contributed by atoms with Gasteiger partial charge in [-0.25, -0.2) is 31.7 Å². The Balaban J connectivity index is 1.24. The molecule has 44 heavy (non-hydrogen) atoms. The zero-order valence-electron chi connectivity index (χ0n) is 24.4. The standard InChI is InChI=1S/C29H35F4N7O4/c1-27(2,43)25-24(38-44-39-25)26(42)37-23(17-5-7-28(30,31)8-6-17)19-14-40-20(35-19)10-18(13-34-40)22(16-3-4-16)36-21(41)9-15-11-29(32,33)12-15/h10,13-17,22-23,43H,3-9,11-12H2,1-2H3,(H,36,41)(H,37,42)/t22-,23+/m1/s1. The van der Waals surface area contributed by atoms with Gasteiger partial charge in [-0.05, 0) is 74.1 Å². The van der Waals surface area contributed by atoms with Crippen LogP contribution in [0.5, 0.6) is 0 Å². The van der Waals surface area contributed by atoms with Gasteiger partial charge in [0.25, 0.3) is 5.91 Å². The Kier molecular flexibility index (Phi) is 7.65. The van der Waals surface area contributed by atoms with E-state index >= 15 is 0 Å². The molecule has 0 radical (unpaired) electrons. The zero-order valence-corrected chi connectivity index (χ0v) is 24.4. The highest BCUT2D eigenvalue weighted by molar-refractivity contribution is 5.93. The topological polar surface area (TPSA) is 148 Å². The van der Waals surface area contributed by atoms with Crippen molar-refractivity contribution in [1.29, 1.82) is 0 Å². The van der Waals surface area contributed by atoms with E-state index in [9.17, 15) is 32.3 Å². The van der Waals surface area contributed by atoms with E-state index in [0.29, 0.717) is 16.9 Å². The lowest BCUT2D eigenvalue weighted by Gasteiger charge is -2.34. The van der Waals surface area contributed by atoms with Gasteiger partial charge in [-0.1, -0.05) is 5.16 Å². The van der Waals surface area contributed by atoms with Crippen molar-refractivity contribution in [3.63, 3.8) is 0 Å². The minimum atomic E-state index is -2.79. The Bertz CT molecular complexity index is 1530. The van der Waals surface area contributed by atoms with E-state index in [2.05, 4.69) is 26.0 Å². The molecule has 0 aliphatic heterocycles.